The molecule has 2 nitrogen and oxygen atoms in total. The first-order valence-electron chi connectivity index (χ1n) is 5.48. The predicted octanol–water partition coefficient (Wildman–Crippen LogP) is 4.01. The maximum atomic E-state index is 12.8. The summed E-state index contributed by atoms with van der Waals surface area (Å²) in [4.78, 5) is 4.47. The van der Waals surface area contributed by atoms with Crippen LogP contribution in [0.15, 0.2) is 54.6 Å². The van der Waals surface area contributed by atoms with E-state index in [1.807, 2.05) is 30.3 Å². The van der Waals surface area contributed by atoms with E-state index in [2.05, 4.69) is 9.36 Å². The highest BCUT2D eigenvalue weighted by Crippen LogP contribution is 2.25. The lowest BCUT2D eigenvalue weighted by molar-refractivity contribution is 0.628. The molecule has 4 heteroatoms. The van der Waals surface area contributed by atoms with Gasteiger partial charge in [-0.2, -0.15) is 4.37 Å². The van der Waals surface area contributed by atoms with E-state index in [9.17, 15) is 4.39 Å². The van der Waals surface area contributed by atoms with Gasteiger partial charge in [0.15, 0.2) is 5.82 Å². The van der Waals surface area contributed by atoms with E-state index in [1.165, 1.54) is 23.7 Å². The Hall–Kier alpha value is -2.07. The Kier molecular flexibility index (Phi) is 2.86. The molecule has 1 aromatic heterocycles. The Morgan fingerprint density at radius 2 is 1.56 bits per heavy atom. The molecule has 0 fully saturated rings. The number of hydrogen-bond donors (Lipinski definition) is 0. The molecule has 3 rings (SSSR count). The van der Waals surface area contributed by atoms with E-state index in [4.69, 9.17) is 0 Å². The number of rotatable bonds is 2. The van der Waals surface area contributed by atoms with E-state index in [0.717, 1.165) is 16.1 Å². The van der Waals surface area contributed by atoms with Crippen molar-refractivity contribution >= 4 is 11.5 Å². The Balaban J connectivity index is 1.97. The standard InChI is InChI=1S/C14H9FN2S/c15-12-8-6-11(7-9-12)14-16-13(17-18-14)10-4-2-1-3-5-10/h1-9H. The van der Waals surface area contributed by atoms with Gasteiger partial charge in [0.05, 0.1) is 0 Å². The summed E-state index contributed by atoms with van der Waals surface area (Å²) in [6.45, 7) is 0. The molecular weight excluding hydrogens is 247 g/mol. The maximum Gasteiger partial charge on any atom is 0.173 e. The number of benzene rings is 2. The molecule has 0 aliphatic rings. The fourth-order valence-corrected chi connectivity index (χ4v) is 2.33. The second-order valence-corrected chi connectivity index (χ2v) is 4.55. The first-order chi connectivity index (χ1) is 8.83. The average Bonchev–Trinajstić information content (AvgIpc) is 2.90. The summed E-state index contributed by atoms with van der Waals surface area (Å²) in [7, 11) is 0. The summed E-state index contributed by atoms with van der Waals surface area (Å²) < 4.78 is 17.2. The predicted molar refractivity (Wildman–Crippen MR) is 70.7 cm³/mol. The molecule has 2 aromatic carbocycles. The fraction of sp³-hybridized carbons (Fsp3) is 0. The molecule has 0 aliphatic heterocycles. The molecule has 0 unspecified atom stereocenters. The van der Waals surface area contributed by atoms with Crippen molar-refractivity contribution in [2.75, 3.05) is 0 Å². The molecule has 0 saturated carbocycles. The second kappa shape index (κ2) is 4.66. The third-order valence-corrected chi connectivity index (χ3v) is 3.31. The average molecular weight is 256 g/mol. The summed E-state index contributed by atoms with van der Waals surface area (Å²) in [5.41, 5.74) is 1.87. The zero-order chi connectivity index (χ0) is 12.4. The van der Waals surface area contributed by atoms with Gasteiger partial charge in [0.25, 0.3) is 0 Å². The van der Waals surface area contributed by atoms with Crippen LogP contribution in [-0.2, 0) is 0 Å². The van der Waals surface area contributed by atoms with E-state index >= 15 is 0 Å². The van der Waals surface area contributed by atoms with Crippen molar-refractivity contribution in [2.45, 2.75) is 0 Å². The molecule has 0 atom stereocenters. The van der Waals surface area contributed by atoms with Crippen molar-refractivity contribution in [1.29, 1.82) is 0 Å². The number of nitrogens with zero attached hydrogens (tertiary/aromatic N) is 2. The van der Waals surface area contributed by atoms with Crippen LogP contribution >= 0.6 is 11.5 Å². The van der Waals surface area contributed by atoms with Crippen molar-refractivity contribution in [3.05, 3.63) is 60.4 Å². The first-order valence-corrected chi connectivity index (χ1v) is 6.25. The van der Waals surface area contributed by atoms with Gasteiger partial charge in [-0.3, -0.25) is 0 Å². The van der Waals surface area contributed by atoms with Crippen molar-refractivity contribution in [2.24, 2.45) is 0 Å². The molecule has 1 heterocycles. The Morgan fingerprint density at radius 3 is 2.28 bits per heavy atom. The first kappa shape index (κ1) is 11.0. The van der Waals surface area contributed by atoms with Gasteiger partial charge in [-0.15, -0.1) is 0 Å². The van der Waals surface area contributed by atoms with Gasteiger partial charge in [-0.05, 0) is 35.8 Å². The van der Waals surface area contributed by atoms with Crippen LogP contribution in [0.3, 0.4) is 0 Å². The summed E-state index contributed by atoms with van der Waals surface area (Å²) in [6.07, 6.45) is 0. The Morgan fingerprint density at radius 1 is 0.833 bits per heavy atom. The van der Waals surface area contributed by atoms with Crippen molar-refractivity contribution in [1.82, 2.24) is 9.36 Å². The number of halogens is 1. The van der Waals surface area contributed by atoms with Gasteiger partial charge < -0.3 is 0 Å². The van der Waals surface area contributed by atoms with Crippen LogP contribution < -0.4 is 0 Å². The zero-order valence-corrected chi connectivity index (χ0v) is 10.2. The number of aromatic nitrogens is 2. The Labute approximate surface area is 108 Å². The van der Waals surface area contributed by atoms with Gasteiger partial charge >= 0.3 is 0 Å². The highest BCUT2D eigenvalue weighted by molar-refractivity contribution is 7.09. The minimum absolute atomic E-state index is 0.244. The van der Waals surface area contributed by atoms with Crippen molar-refractivity contribution in [3.8, 4) is 22.0 Å². The SMILES string of the molecule is Fc1ccc(-c2nc(-c3ccccc3)ns2)cc1. The summed E-state index contributed by atoms with van der Waals surface area (Å²) >= 11 is 1.32. The molecular formula is C14H9FN2S. The highest BCUT2D eigenvalue weighted by Gasteiger charge is 2.07. The van der Waals surface area contributed by atoms with Crippen LogP contribution in [0.25, 0.3) is 22.0 Å². The van der Waals surface area contributed by atoms with Crippen molar-refractivity contribution in [3.63, 3.8) is 0 Å². The van der Waals surface area contributed by atoms with Gasteiger partial charge in [-0.25, -0.2) is 9.37 Å². The molecule has 0 bridgehead atoms. The molecule has 88 valence electrons. The Bertz CT molecular complexity index is 647. The highest BCUT2D eigenvalue weighted by atomic mass is 32.1. The zero-order valence-electron chi connectivity index (χ0n) is 9.38. The van der Waals surface area contributed by atoms with Crippen LogP contribution in [0.4, 0.5) is 4.39 Å². The van der Waals surface area contributed by atoms with Crippen LogP contribution in [0.5, 0.6) is 0 Å². The van der Waals surface area contributed by atoms with E-state index in [1.54, 1.807) is 12.1 Å². The minimum atomic E-state index is -0.244. The molecule has 3 aromatic rings. The summed E-state index contributed by atoms with van der Waals surface area (Å²) in [5, 5.41) is 0.800. The van der Waals surface area contributed by atoms with Gasteiger partial charge in [0, 0.05) is 11.1 Å². The van der Waals surface area contributed by atoms with E-state index < -0.39 is 0 Å². The molecule has 0 amide bonds. The topological polar surface area (TPSA) is 25.8 Å². The molecule has 0 radical (unpaired) electrons. The molecule has 18 heavy (non-hydrogen) atoms. The smallest absolute Gasteiger partial charge is 0.173 e. The third-order valence-electron chi connectivity index (χ3n) is 2.55. The molecule has 0 aliphatic carbocycles. The van der Waals surface area contributed by atoms with E-state index in [0.29, 0.717) is 5.82 Å². The van der Waals surface area contributed by atoms with E-state index in [-0.39, 0.29) is 5.82 Å². The largest absolute Gasteiger partial charge is 0.215 e. The minimum Gasteiger partial charge on any atom is -0.215 e. The molecule has 0 N–H and O–H groups in total. The lowest BCUT2D eigenvalue weighted by atomic mass is 10.2. The number of hydrogen-bond acceptors (Lipinski definition) is 3. The van der Waals surface area contributed by atoms with Gasteiger partial charge in [-0.1, -0.05) is 30.3 Å². The summed E-state index contributed by atoms with van der Waals surface area (Å²) in [6, 6.07) is 16.1. The van der Waals surface area contributed by atoms with Crippen molar-refractivity contribution < 1.29 is 4.39 Å². The van der Waals surface area contributed by atoms with Crippen LogP contribution in [0.2, 0.25) is 0 Å². The van der Waals surface area contributed by atoms with Gasteiger partial charge in [0.2, 0.25) is 0 Å². The second-order valence-electron chi connectivity index (χ2n) is 3.80. The van der Waals surface area contributed by atoms with Crippen LogP contribution in [0, 0.1) is 5.82 Å². The maximum absolute atomic E-state index is 12.8. The molecule has 0 saturated heterocycles. The summed E-state index contributed by atoms with van der Waals surface area (Å²) in [5.74, 6) is 0.464. The lowest BCUT2D eigenvalue weighted by Crippen LogP contribution is -1.81. The van der Waals surface area contributed by atoms with Crippen LogP contribution in [0.1, 0.15) is 0 Å². The monoisotopic (exact) mass is 256 g/mol. The fourth-order valence-electron chi connectivity index (χ4n) is 1.64. The normalized spacial score (nSPS) is 10.5. The lowest BCUT2D eigenvalue weighted by Gasteiger charge is -1.94. The van der Waals surface area contributed by atoms with Crippen LogP contribution in [-0.4, -0.2) is 9.36 Å². The van der Waals surface area contributed by atoms with Gasteiger partial charge in [0.1, 0.15) is 10.8 Å². The quantitative estimate of drug-likeness (QED) is 0.692. The third kappa shape index (κ3) is 2.15. The molecule has 0 spiro atoms.